The highest BCUT2D eigenvalue weighted by atomic mass is 16.6. The van der Waals surface area contributed by atoms with Gasteiger partial charge in [-0.3, -0.25) is 14.4 Å². The second kappa shape index (κ2) is 53.2. The van der Waals surface area contributed by atoms with Crippen molar-refractivity contribution in [3.8, 4) is 0 Å². The minimum Gasteiger partial charge on any atom is -0.462 e. The molecule has 0 saturated heterocycles. The molecule has 0 aliphatic rings. The fourth-order valence-electron chi connectivity index (χ4n) is 7.22. The second-order valence-corrected chi connectivity index (χ2v) is 17.8. The summed E-state index contributed by atoms with van der Waals surface area (Å²) in [5.74, 6) is -0.983. The van der Waals surface area contributed by atoms with E-state index in [1.807, 2.05) is 0 Å². The molecule has 1 atom stereocenters. The Morgan fingerprint density at radius 1 is 0.308 bits per heavy atom. The summed E-state index contributed by atoms with van der Waals surface area (Å²) in [4.78, 5) is 38.0. The van der Waals surface area contributed by atoms with E-state index in [2.05, 4.69) is 106 Å². The van der Waals surface area contributed by atoms with Crippen molar-refractivity contribution in [2.45, 2.75) is 258 Å². The van der Waals surface area contributed by atoms with Gasteiger partial charge in [-0.25, -0.2) is 0 Å². The van der Waals surface area contributed by atoms with Crippen LogP contribution in [0.1, 0.15) is 252 Å². The van der Waals surface area contributed by atoms with Crippen molar-refractivity contribution in [1.82, 2.24) is 0 Å². The van der Waals surface area contributed by atoms with Crippen LogP contribution >= 0.6 is 0 Å². The molecule has 0 aromatic heterocycles. The molecule has 0 spiro atoms. The van der Waals surface area contributed by atoms with Crippen LogP contribution in [-0.4, -0.2) is 37.2 Å². The van der Waals surface area contributed by atoms with E-state index in [1.165, 1.54) is 103 Å². The molecule has 0 heterocycles. The normalized spacial score (nSPS) is 12.7. The van der Waals surface area contributed by atoms with Gasteiger partial charge in [-0.15, -0.1) is 0 Å². The molecule has 0 N–H and O–H groups in total. The summed E-state index contributed by atoms with van der Waals surface area (Å²) >= 11 is 0. The van der Waals surface area contributed by atoms with Gasteiger partial charge in [0.2, 0.25) is 0 Å². The molecule has 0 fully saturated rings. The molecule has 0 aliphatic heterocycles. The van der Waals surface area contributed by atoms with Crippen LogP contribution in [0.25, 0.3) is 0 Å². The van der Waals surface area contributed by atoms with Crippen LogP contribution in [0.15, 0.2) is 85.1 Å². The molecule has 0 aromatic carbocycles. The number of ether oxygens (including phenoxy) is 3. The monoisotopic (exact) mass is 905 g/mol. The van der Waals surface area contributed by atoms with E-state index in [0.29, 0.717) is 19.3 Å². The lowest BCUT2D eigenvalue weighted by atomic mass is 10.1. The zero-order valence-corrected chi connectivity index (χ0v) is 42.5. The first-order chi connectivity index (χ1) is 32.0. The van der Waals surface area contributed by atoms with E-state index < -0.39 is 6.10 Å². The first kappa shape index (κ1) is 61.6. The molecule has 0 saturated carbocycles. The van der Waals surface area contributed by atoms with Gasteiger partial charge < -0.3 is 14.2 Å². The summed E-state index contributed by atoms with van der Waals surface area (Å²) in [6, 6.07) is 0. The Bertz CT molecular complexity index is 1270. The van der Waals surface area contributed by atoms with E-state index in [4.69, 9.17) is 14.2 Å². The molecule has 0 aromatic rings. The number of rotatable bonds is 48. The zero-order valence-electron chi connectivity index (χ0n) is 42.5. The predicted molar refractivity (Wildman–Crippen MR) is 279 cm³/mol. The Hall–Kier alpha value is -3.41. The van der Waals surface area contributed by atoms with Gasteiger partial charge in [-0.05, 0) is 116 Å². The number of carbonyl (C=O) groups is 3. The second-order valence-electron chi connectivity index (χ2n) is 17.8. The SMILES string of the molecule is CCCCC/C=C\C/C=C\C/C=C\C/C=C\CCCC(=O)OC[C@@H](COC(=O)CCCCCCC/C=C\CCCCCCCC)OC(=O)CCCCCCC/C=C\C/C=C\CCCCC. The highest BCUT2D eigenvalue weighted by Gasteiger charge is 2.19. The molecule has 0 unspecified atom stereocenters. The van der Waals surface area contributed by atoms with E-state index >= 15 is 0 Å². The number of unbranched alkanes of at least 4 members (excludes halogenated alkanes) is 23. The van der Waals surface area contributed by atoms with Crippen LogP contribution in [0.4, 0.5) is 0 Å². The quantitative estimate of drug-likeness (QED) is 0.0262. The minimum absolute atomic E-state index is 0.104. The van der Waals surface area contributed by atoms with Gasteiger partial charge in [0.05, 0.1) is 0 Å². The van der Waals surface area contributed by atoms with Crippen LogP contribution < -0.4 is 0 Å². The molecular weight excluding hydrogens is 805 g/mol. The molecule has 6 nitrogen and oxygen atoms in total. The molecule has 0 rings (SSSR count). The van der Waals surface area contributed by atoms with Crippen molar-refractivity contribution in [1.29, 1.82) is 0 Å². The molecule has 65 heavy (non-hydrogen) atoms. The highest BCUT2D eigenvalue weighted by Crippen LogP contribution is 2.13. The highest BCUT2D eigenvalue weighted by molar-refractivity contribution is 5.71. The van der Waals surface area contributed by atoms with Gasteiger partial charge >= 0.3 is 17.9 Å². The Morgan fingerprint density at radius 2 is 0.569 bits per heavy atom. The lowest BCUT2D eigenvalue weighted by Gasteiger charge is -2.18. The van der Waals surface area contributed by atoms with Crippen molar-refractivity contribution in [3.63, 3.8) is 0 Å². The van der Waals surface area contributed by atoms with Crippen LogP contribution in [0.2, 0.25) is 0 Å². The fourth-order valence-corrected chi connectivity index (χ4v) is 7.22. The lowest BCUT2D eigenvalue weighted by molar-refractivity contribution is -0.167. The smallest absolute Gasteiger partial charge is 0.306 e. The maximum Gasteiger partial charge on any atom is 0.306 e. The Kier molecular flexibility index (Phi) is 50.4. The third-order valence-electron chi connectivity index (χ3n) is 11.3. The summed E-state index contributed by atoms with van der Waals surface area (Å²) in [7, 11) is 0. The molecule has 6 heteroatoms. The van der Waals surface area contributed by atoms with Gasteiger partial charge in [0, 0.05) is 19.3 Å². The van der Waals surface area contributed by atoms with Crippen molar-refractivity contribution in [3.05, 3.63) is 85.1 Å². The van der Waals surface area contributed by atoms with Crippen molar-refractivity contribution in [2.24, 2.45) is 0 Å². The van der Waals surface area contributed by atoms with Crippen molar-refractivity contribution < 1.29 is 28.6 Å². The number of esters is 3. The first-order valence-electron chi connectivity index (χ1n) is 27.1. The summed E-state index contributed by atoms with van der Waals surface area (Å²) < 4.78 is 16.8. The summed E-state index contributed by atoms with van der Waals surface area (Å²) in [6.07, 6.45) is 68.5. The Labute approximate surface area is 401 Å². The van der Waals surface area contributed by atoms with Crippen molar-refractivity contribution >= 4 is 17.9 Å². The average Bonchev–Trinajstić information content (AvgIpc) is 3.30. The van der Waals surface area contributed by atoms with Crippen LogP contribution in [0.3, 0.4) is 0 Å². The van der Waals surface area contributed by atoms with E-state index in [-0.39, 0.29) is 37.5 Å². The third kappa shape index (κ3) is 51.4. The standard InChI is InChI=1S/C59H100O6/c1-4-7-10-13-16-19-22-25-28-29-32-34-37-40-43-46-49-52-58(61)64-55-56(65-59(62)53-50-47-44-41-38-35-31-27-24-21-18-15-12-9-6-3)54-63-57(60)51-48-45-42-39-36-33-30-26-23-20-17-14-11-8-5-2/h16,18-19,21,25-28,30-32,34,40,43,56H,4-15,17,20,22-24,29,33,35-39,41-42,44-55H2,1-3H3/b19-16-,21-18-,28-25-,30-26-,31-27-,34-32-,43-40-/t56-/m1/s1. The van der Waals surface area contributed by atoms with E-state index in [0.717, 1.165) is 103 Å². The topological polar surface area (TPSA) is 78.9 Å². The van der Waals surface area contributed by atoms with Gasteiger partial charge in [0.1, 0.15) is 13.2 Å². The molecule has 372 valence electrons. The number of hydrogen-bond acceptors (Lipinski definition) is 6. The largest absolute Gasteiger partial charge is 0.462 e. The summed E-state index contributed by atoms with van der Waals surface area (Å²) in [6.45, 7) is 6.51. The van der Waals surface area contributed by atoms with Gasteiger partial charge in [0.15, 0.2) is 6.10 Å². The molecule has 0 aliphatic carbocycles. The van der Waals surface area contributed by atoms with Crippen molar-refractivity contribution in [2.75, 3.05) is 13.2 Å². The Balaban J connectivity index is 4.51. The predicted octanol–water partition coefficient (Wildman–Crippen LogP) is 18.0. The van der Waals surface area contributed by atoms with Gasteiger partial charge in [-0.2, -0.15) is 0 Å². The molecule has 0 radical (unpaired) electrons. The van der Waals surface area contributed by atoms with Crippen LogP contribution in [0, 0.1) is 0 Å². The molecular formula is C59H100O6. The number of allylic oxidation sites excluding steroid dienone is 14. The van der Waals surface area contributed by atoms with Gasteiger partial charge in [-0.1, -0.05) is 202 Å². The van der Waals surface area contributed by atoms with Gasteiger partial charge in [0.25, 0.3) is 0 Å². The summed E-state index contributed by atoms with van der Waals surface area (Å²) in [5, 5.41) is 0. The molecule has 0 amide bonds. The zero-order chi connectivity index (χ0) is 47.2. The van der Waals surface area contributed by atoms with E-state index in [1.54, 1.807) is 0 Å². The minimum atomic E-state index is -0.809. The summed E-state index contributed by atoms with van der Waals surface area (Å²) in [5.41, 5.74) is 0. The third-order valence-corrected chi connectivity index (χ3v) is 11.3. The Morgan fingerprint density at radius 3 is 0.969 bits per heavy atom. The molecule has 0 bridgehead atoms. The maximum absolute atomic E-state index is 12.8. The van der Waals surface area contributed by atoms with E-state index in [9.17, 15) is 14.4 Å². The number of hydrogen-bond donors (Lipinski definition) is 0. The first-order valence-corrected chi connectivity index (χ1v) is 27.1. The number of carbonyl (C=O) groups excluding carboxylic acids is 3. The maximum atomic E-state index is 12.8. The fraction of sp³-hybridized carbons (Fsp3) is 0.712. The average molecular weight is 905 g/mol. The lowest BCUT2D eigenvalue weighted by Crippen LogP contribution is -2.30. The van der Waals surface area contributed by atoms with Crippen LogP contribution in [-0.2, 0) is 28.6 Å². The van der Waals surface area contributed by atoms with Crippen LogP contribution in [0.5, 0.6) is 0 Å².